The van der Waals surface area contributed by atoms with Crippen molar-refractivity contribution in [2.24, 2.45) is 0 Å². The minimum Gasteiger partial charge on any atom is -0.507 e. The lowest BCUT2D eigenvalue weighted by Gasteiger charge is -2.07. The molecule has 0 spiro atoms. The van der Waals surface area contributed by atoms with Gasteiger partial charge in [0.15, 0.2) is 0 Å². The minimum absolute atomic E-state index is 0.0318. The van der Waals surface area contributed by atoms with Crippen LogP contribution in [0.5, 0.6) is 5.75 Å². The molecule has 2 aromatic rings. The van der Waals surface area contributed by atoms with E-state index in [9.17, 15) is 19.1 Å². The van der Waals surface area contributed by atoms with Gasteiger partial charge >= 0.3 is 5.97 Å². The Morgan fingerprint density at radius 1 is 1.14 bits per heavy atom. The first kappa shape index (κ1) is 15.2. The molecule has 2 aromatic carbocycles. The second kappa shape index (κ2) is 6.08. The molecule has 0 heterocycles. The summed E-state index contributed by atoms with van der Waals surface area (Å²) in [6, 6.07) is 7.65. The topological polar surface area (TPSA) is 86.6 Å². The number of amides is 1. The number of anilines is 1. The highest BCUT2D eigenvalue weighted by Gasteiger charge is 2.13. The van der Waals surface area contributed by atoms with Gasteiger partial charge in [-0.15, -0.1) is 0 Å². The van der Waals surface area contributed by atoms with E-state index in [0.29, 0.717) is 3.57 Å². The molecule has 21 heavy (non-hydrogen) atoms. The van der Waals surface area contributed by atoms with Crippen molar-refractivity contribution < 1.29 is 24.2 Å². The summed E-state index contributed by atoms with van der Waals surface area (Å²) >= 11 is 1.92. The summed E-state index contributed by atoms with van der Waals surface area (Å²) < 4.78 is 14.1. The van der Waals surface area contributed by atoms with E-state index in [2.05, 4.69) is 5.32 Å². The molecule has 3 N–H and O–H groups in total. The Labute approximate surface area is 132 Å². The lowest BCUT2D eigenvalue weighted by atomic mass is 10.1. The van der Waals surface area contributed by atoms with E-state index in [1.165, 1.54) is 18.2 Å². The van der Waals surface area contributed by atoms with Crippen LogP contribution in [0.2, 0.25) is 0 Å². The molecule has 0 radical (unpaired) electrons. The third-order valence-corrected chi connectivity index (χ3v) is 3.58. The molecule has 0 unspecified atom stereocenters. The first-order valence-electron chi connectivity index (χ1n) is 5.71. The summed E-state index contributed by atoms with van der Waals surface area (Å²) in [7, 11) is 0. The zero-order chi connectivity index (χ0) is 15.6. The second-order valence-electron chi connectivity index (χ2n) is 4.12. The van der Waals surface area contributed by atoms with Crippen LogP contribution in [0.3, 0.4) is 0 Å². The lowest BCUT2D eigenvalue weighted by molar-refractivity contribution is 0.0692. The predicted molar refractivity (Wildman–Crippen MR) is 82.1 cm³/mol. The highest BCUT2D eigenvalue weighted by molar-refractivity contribution is 14.1. The van der Waals surface area contributed by atoms with Crippen molar-refractivity contribution in [3.8, 4) is 5.75 Å². The highest BCUT2D eigenvalue weighted by Crippen LogP contribution is 2.21. The number of benzene rings is 2. The fourth-order valence-electron chi connectivity index (χ4n) is 1.62. The van der Waals surface area contributed by atoms with Crippen molar-refractivity contribution in [3.63, 3.8) is 0 Å². The molecule has 0 aliphatic rings. The number of carboxylic acids is 1. The van der Waals surface area contributed by atoms with Gasteiger partial charge in [-0.25, -0.2) is 9.18 Å². The van der Waals surface area contributed by atoms with E-state index in [4.69, 9.17) is 5.11 Å². The van der Waals surface area contributed by atoms with Crippen LogP contribution in [-0.4, -0.2) is 22.1 Å². The number of carboxylic acid groups (broad SMARTS) is 1. The average molecular weight is 401 g/mol. The molecule has 0 saturated heterocycles. The summed E-state index contributed by atoms with van der Waals surface area (Å²) in [6.45, 7) is 0. The van der Waals surface area contributed by atoms with Gasteiger partial charge in [0.05, 0.1) is 9.13 Å². The van der Waals surface area contributed by atoms with Gasteiger partial charge < -0.3 is 15.5 Å². The zero-order valence-electron chi connectivity index (χ0n) is 10.4. The normalized spacial score (nSPS) is 10.2. The zero-order valence-corrected chi connectivity index (χ0v) is 12.6. The number of aromatic carboxylic acids is 1. The van der Waals surface area contributed by atoms with Crippen LogP contribution in [-0.2, 0) is 0 Å². The van der Waals surface area contributed by atoms with Crippen molar-refractivity contribution in [1.82, 2.24) is 0 Å². The number of phenols is 1. The first-order chi connectivity index (χ1) is 9.88. The Morgan fingerprint density at radius 3 is 2.43 bits per heavy atom. The summed E-state index contributed by atoms with van der Waals surface area (Å²) in [6.07, 6.45) is 0. The number of rotatable bonds is 3. The fourth-order valence-corrected chi connectivity index (χ4v) is 1.96. The molecule has 0 bridgehead atoms. The van der Waals surface area contributed by atoms with Gasteiger partial charge in [0.25, 0.3) is 5.91 Å². The molecule has 7 heteroatoms. The van der Waals surface area contributed by atoms with Crippen LogP contribution >= 0.6 is 22.6 Å². The predicted octanol–water partition coefficient (Wildman–Crippen LogP) is 3.09. The Balaban J connectivity index is 2.21. The van der Waals surface area contributed by atoms with Gasteiger partial charge in [-0.3, -0.25) is 4.79 Å². The first-order valence-corrected chi connectivity index (χ1v) is 6.79. The third kappa shape index (κ3) is 3.48. The van der Waals surface area contributed by atoms with Crippen molar-refractivity contribution in [3.05, 3.63) is 56.9 Å². The van der Waals surface area contributed by atoms with Crippen molar-refractivity contribution in [1.29, 1.82) is 0 Å². The van der Waals surface area contributed by atoms with E-state index < -0.39 is 23.3 Å². The number of carbonyl (C=O) groups excluding carboxylic acids is 1. The van der Waals surface area contributed by atoms with Gasteiger partial charge in [-0.2, -0.15) is 0 Å². The van der Waals surface area contributed by atoms with Crippen molar-refractivity contribution in [2.75, 3.05) is 5.32 Å². The SMILES string of the molecule is O=C(Nc1ccc(C(=O)O)c(F)c1)c1ccc(I)c(O)c1. The molecular formula is C14H9FINO4. The molecule has 5 nitrogen and oxygen atoms in total. The molecule has 0 aliphatic carbocycles. The summed E-state index contributed by atoms with van der Waals surface area (Å²) in [5, 5.41) is 20.7. The van der Waals surface area contributed by atoms with Crippen molar-refractivity contribution >= 4 is 40.2 Å². The quantitative estimate of drug-likeness (QED) is 0.691. The summed E-state index contributed by atoms with van der Waals surface area (Å²) in [5.74, 6) is -2.89. The van der Waals surface area contributed by atoms with Crippen LogP contribution in [0.25, 0.3) is 0 Å². The average Bonchev–Trinajstić information content (AvgIpc) is 2.41. The van der Waals surface area contributed by atoms with Gasteiger partial charge in [-0.1, -0.05) is 0 Å². The largest absolute Gasteiger partial charge is 0.507 e. The molecular weight excluding hydrogens is 392 g/mol. The molecule has 2 rings (SSSR count). The van der Waals surface area contributed by atoms with Crippen LogP contribution in [0, 0.1) is 9.39 Å². The number of hydrogen-bond acceptors (Lipinski definition) is 3. The molecule has 0 aliphatic heterocycles. The number of hydrogen-bond donors (Lipinski definition) is 3. The smallest absolute Gasteiger partial charge is 0.338 e. The molecule has 0 saturated carbocycles. The Hall–Kier alpha value is -2.16. The molecule has 108 valence electrons. The number of nitrogens with one attached hydrogen (secondary N) is 1. The van der Waals surface area contributed by atoms with Crippen LogP contribution in [0.4, 0.5) is 10.1 Å². The highest BCUT2D eigenvalue weighted by atomic mass is 127. The molecule has 0 atom stereocenters. The minimum atomic E-state index is -1.38. The number of phenolic OH excluding ortho intramolecular Hbond substituents is 1. The molecule has 0 aromatic heterocycles. The monoisotopic (exact) mass is 401 g/mol. The standard InChI is InChI=1S/C14H9FINO4/c15-10-6-8(2-3-9(10)14(20)21)17-13(19)7-1-4-11(16)12(18)5-7/h1-6,18H,(H,17,19)(H,20,21). The van der Waals surface area contributed by atoms with Gasteiger partial charge in [0.1, 0.15) is 11.6 Å². The van der Waals surface area contributed by atoms with Crippen LogP contribution < -0.4 is 5.32 Å². The lowest BCUT2D eigenvalue weighted by Crippen LogP contribution is -2.12. The van der Waals surface area contributed by atoms with Gasteiger partial charge in [-0.05, 0) is 59.0 Å². The van der Waals surface area contributed by atoms with E-state index in [-0.39, 0.29) is 17.0 Å². The van der Waals surface area contributed by atoms with Crippen LogP contribution in [0.15, 0.2) is 36.4 Å². The van der Waals surface area contributed by atoms with Crippen LogP contribution in [0.1, 0.15) is 20.7 Å². The maximum atomic E-state index is 13.5. The molecule has 0 fully saturated rings. The van der Waals surface area contributed by atoms with E-state index >= 15 is 0 Å². The Kier molecular flexibility index (Phi) is 4.41. The number of aromatic hydroxyl groups is 1. The second-order valence-corrected chi connectivity index (χ2v) is 5.28. The summed E-state index contributed by atoms with van der Waals surface area (Å²) in [5.41, 5.74) is -0.143. The molecule has 1 amide bonds. The number of halogens is 2. The van der Waals surface area contributed by atoms with E-state index in [1.54, 1.807) is 6.07 Å². The van der Waals surface area contributed by atoms with E-state index in [0.717, 1.165) is 12.1 Å². The third-order valence-electron chi connectivity index (χ3n) is 2.67. The Morgan fingerprint density at radius 2 is 1.86 bits per heavy atom. The fraction of sp³-hybridized carbons (Fsp3) is 0. The van der Waals surface area contributed by atoms with Gasteiger partial charge in [0.2, 0.25) is 0 Å². The maximum absolute atomic E-state index is 13.5. The Bertz CT molecular complexity index is 733. The van der Waals surface area contributed by atoms with Crippen molar-refractivity contribution in [2.45, 2.75) is 0 Å². The number of carbonyl (C=O) groups is 2. The summed E-state index contributed by atoms with van der Waals surface area (Å²) in [4.78, 5) is 22.6. The van der Waals surface area contributed by atoms with Gasteiger partial charge in [0, 0.05) is 11.3 Å². The van der Waals surface area contributed by atoms with E-state index in [1.807, 2.05) is 22.6 Å². The maximum Gasteiger partial charge on any atom is 0.338 e.